The molecule has 0 heterocycles. The summed E-state index contributed by atoms with van der Waals surface area (Å²) in [5.74, 6) is -0.402. The predicted octanol–water partition coefficient (Wildman–Crippen LogP) is 4.88. The topological polar surface area (TPSA) is 49.3 Å². The van der Waals surface area contributed by atoms with Gasteiger partial charge in [-0.1, -0.05) is 45.0 Å². The van der Waals surface area contributed by atoms with Gasteiger partial charge in [0.25, 0.3) is 0 Å². The lowest BCUT2D eigenvalue weighted by atomic mass is 9.86. The zero-order valence-electron chi connectivity index (χ0n) is 12.3. The molecular formula is C17H18FNO2. The summed E-state index contributed by atoms with van der Waals surface area (Å²) in [5, 5.41) is 11.1. The molecular weight excluding hydrogens is 269 g/mol. The first-order chi connectivity index (χ1) is 9.77. The lowest BCUT2D eigenvalue weighted by Crippen LogP contribution is -2.10. The van der Waals surface area contributed by atoms with Crippen LogP contribution < -0.4 is 5.32 Å². The van der Waals surface area contributed by atoms with Crippen LogP contribution in [0, 0.1) is 5.82 Å². The van der Waals surface area contributed by atoms with E-state index in [-0.39, 0.29) is 5.41 Å². The van der Waals surface area contributed by atoms with Gasteiger partial charge in [0, 0.05) is 5.56 Å². The Morgan fingerprint density at radius 2 is 1.71 bits per heavy atom. The van der Waals surface area contributed by atoms with Crippen LogP contribution in [0.15, 0.2) is 42.5 Å². The van der Waals surface area contributed by atoms with Crippen LogP contribution in [0.3, 0.4) is 0 Å². The summed E-state index contributed by atoms with van der Waals surface area (Å²) in [6.45, 7) is 6.34. The zero-order chi connectivity index (χ0) is 15.6. The van der Waals surface area contributed by atoms with Gasteiger partial charge in [-0.2, -0.15) is 0 Å². The molecule has 0 aliphatic rings. The molecule has 0 bridgehead atoms. The number of halogens is 1. The molecule has 2 aromatic rings. The third-order valence-electron chi connectivity index (χ3n) is 3.29. The van der Waals surface area contributed by atoms with Gasteiger partial charge in [-0.15, -0.1) is 0 Å². The molecule has 0 aliphatic heterocycles. The molecule has 110 valence electrons. The maximum absolute atomic E-state index is 13.5. The minimum absolute atomic E-state index is 0.0304. The van der Waals surface area contributed by atoms with Crippen molar-refractivity contribution in [3.63, 3.8) is 0 Å². The fraction of sp³-hybridized carbons (Fsp3) is 0.235. The Kier molecular flexibility index (Phi) is 3.98. The van der Waals surface area contributed by atoms with Crippen molar-refractivity contribution in [2.24, 2.45) is 0 Å². The molecule has 4 heteroatoms. The Morgan fingerprint density at radius 3 is 2.24 bits per heavy atom. The van der Waals surface area contributed by atoms with Gasteiger partial charge in [0.2, 0.25) is 0 Å². The molecule has 0 atom stereocenters. The van der Waals surface area contributed by atoms with Crippen LogP contribution >= 0.6 is 0 Å². The molecule has 0 aromatic heterocycles. The van der Waals surface area contributed by atoms with Gasteiger partial charge in [-0.25, -0.2) is 9.18 Å². The Bertz CT molecular complexity index is 657. The SMILES string of the molecule is CC(C)(C)c1ccc(-c2cc(F)ccc2NC(=O)O)cc1. The van der Waals surface area contributed by atoms with E-state index < -0.39 is 11.9 Å². The van der Waals surface area contributed by atoms with E-state index in [4.69, 9.17) is 5.11 Å². The second-order valence-electron chi connectivity index (χ2n) is 5.95. The number of anilines is 1. The fourth-order valence-electron chi connectivity index (χ4n) is 2.13. The first-order valence-electron chi connectivity index (χ1n) is 6.68. The highest BCUT2D eigenvalue weighted by atomic mass is 19.1. The first-order valence-corrected chi connectivity index (χ1v) is 6.68. The van der Waals surface area contributed by atoms with Gasteiger partial charge in [0.15, 0.2) is 0 Å². The Hall–Kier alpha value is -2.36. The number of hydrogen-bond donors (Lipinski definition) is 2. The summed E-state index contributed by atoms with van der Waals surface area (Å²) in [4.78, 5) is 10.8. The normalized spacial score (nSPS) is 11.2. The monoisotopic (exact) mass is 287 g/mol. The maximum atomic E-state index is 13.5. The maximum Gasteiger partial charge on any atom is 0.409 e. The molecule has 2 aromatic carbocycles. The molecule has 3 nitrogen and oxygen atoms in total. The summed E-state index contributed by atoms with van der Waals surface area (Å²) in [6, 6.07) is 11.7. The smallest absolute Gasteiger partial charge is 0.409 e. The van der Waals surface area contributed by atoms with E-state index in [9.17, 15) is 9.18 Å². The van der Waals surface area contributed by atoms with Crippen molar-refractivity contribution in [3.05, 3.63) is 53.8 Å². The van der Waals surface area contributed by atoms with Crippen molar-refractivity contribution >= 4 is 11.8 Å². The minimum atomic E-state index is -1.17. The molecule has 0 saturated carbocycles. The standard InChI is InChI=1S/C17H18FNO2/c1-17(2,3)12-6-4-11(5-7-12)14-10-13(18)8-9-15(14)19-16(20)21/h4-10,19H,1-3H3,(H,20,21). The lowest BCUT2D eigenvalue weighted by Gasteiger charge is -2.19. The van der Waals surface area contributed by atoms with E-state index >= 15 is 0 Å². The van der Waals surface area contributed by atoms with E-state index in [0.717, 1.165) is 11.1 Å². The summed E-state index contributed by atoms with van der Waals surface area (Å²) in [5.41, 5.74) is 2.86. The highest BCUT2D eigenvalue weighted by molar-refractivity contribution is 5.90. The van der Waals surface area contributed by atoms with Crippen LogP contribution in [-0.2, 0) is 5.41 Å². The second kappa shape index (κ2) is 5.56. The number of carboxylic acid groups (broad SMARTS) is 1. The van der Waals surface area contributed by atoms with Crippen LogP contribution in [0.4, 0.5) is 14.9 Å². The molecule has 0 radical (unpaired) electrons. The molecule has 2 rings (SSSR count). The molecule has 0 aliphatic carbocycles. The van der Waals surface area contributed by atoms with Crippen molar-refractivity contribution in [1.29, 1.82) is 0 Å². The van der Waals surface area contributed by atoms with Crippen molar-refractivity contribution < 1.29 is 14.3 Å². The van der Waals surface area contributed by atoms with Gasteiger partial charge in [0.1, 0.15) is 5.82 Å². The molecule has 0 fully saturated rings. The van der Waals surface area contributed by atoms with Crippen molar-refractivity contribution in [2.75, 3.05) is 5.32 Å². The average molecular weight is 287 g/mol. The van der Waals surface area contributed by atoms with Gasteiger partial charge >= 0.3 is 6.09 Å². The Balaban J connectivity index is 2.45. The average Bonchev–Trinajstić information content (AvgIpc) is 2.39. The number of amides is 1. The first kappa shape index (κ1) is 15.0. The molecule has 1 amide bonds. The number of nitrogens with one attached hydrogen (secondary N) is 1. The van der Waals surface area contributed by atoms with Crippen LogP contribution in [0.5, 0.6) is 0 Å². The van der Waals surface area contributed by atoms with E-state index in [0.29, 0.717) is 11.3 Å². The molecule has 0 unspecified atom stereocenters. The van der Waals surface area contributed by atoms with Crippen molar-refractivity contribution in [2.45, 2.75) is 26.2 Å². The largest absolute Gasteiger partial charge is 0.465 e. The van der Waals surface area contributed by atoms with Crippen LogP contribution in [0.2, 0.25) is 0 Å². The van der Waals surface area contributed by atoms with E-state index in [1.54, 1.807) is 0 Å². The zero-order valence-corrected chi connectivity index (χ0v) is 12.3. The van der Waals surface area contributed by atoms with Gasteiger partial charge in [0.05, 0.1) is 5.69 Å². The summed E-state index contributed by atoms with van der Waals surface area (Å²) in [6.07, 6.45) is -1.17. The molecule has 2 N–H and O–H groups in total. The Morgan fingerprint density at radius 1 is 1.10 bits per heavy atom. The third-order valence-corrected chi connectivity index (χ3v) is 3.29. The van der Waals surface area contributed by atoms with E-state index in [2.05, 4.69) is 26.1 Å². The van der Waals surface area contributed by atoms with Crippen LogP contribution in [0.1, 0.15) is 26.3 Å². The number of rotatable bonds is 2. The molecule has 21 heavy (non-hydrogen) atoms. The lowest BCUT2D eigenvalue weighted by molar-refractivity contribution is 0.210. The number of hydrogen-bond acceptors (Lipinski definition) is 1. The summed E-state index contributed by atoms with van der Waals surface area (Å²) < 4.78 is 13.5. The van der Waals surface area contributed by atoms with E-state index in [1.807, 2.05) is 24.3 Å². The fourth-order valence-corrected chi connectivity index (χ4v) is 2.13. The van der Waals surface area contributed by atoms with E-state index in [1.165, 1.54) is 18.2 Å². The summed E-state index contributed by atoms with van der Waals surface area (Å²) >= 11 is 0. The number of carbonyl (C=O) groups is 1. The predicted molar refractivity (Wildman–Crippen MR) is 82.2 cm³/mol. The highest BCUT2D eigenvalue weighted by Gasteiger charge is 2.14. The van der Waals surface area contributed by atoms with Crippen molar-refractivity contribution in [1.82, 2.24) is 0 Å². The quantitative estimate of drug-likeness (QED) is 0.827. The van der Waals surface area contributed by atoms with Crippen molar-refractivity contribution in [3.8, 4) is 11.1 Å². The third kappa shape index (κ3) is 3.60. The second-order valence-corrected chi connectivity index (χ2v) is 5.95. The van der Waals surface area contributed by atoms with Gasteiger partial charge in [-0.3, -0.25) is 5.32 Å². The van der Waals surface area contributed by atoms with Gasteiger partial charge in [-0.05, 0) is 34.7 Å². The molecule has 0 spiro atoms. The molecule has 0 saturated heterocycles. The van der Waals surface area contributed by atoms with Gasteiger partial charge < -0.3 is 5.11 Å². The highest BCUT2D eigenvalue weighted by Crippen LogP contribution is 2.31. The summed E-state index contributed by atoms with van der Waals surface area (Å²) in [7, 11) is 0. The Labute approximate surface area is 123 Å². The minimum Gasteiger partial charge on any atom is -0.465 e. The van der Waals surface area contributed by atoms with Crippen LogP contribution in [-0.4, -0.2) is 11.2 Å². The van der Waals surface area contributed by atoms with Crippen LogP contribution in [0.25, 0.3) is 11.1 Å². The number of benzene rings is 2.